The Labute approximate surface area is 93.3 Å². The Morgan fingerprint density at radius 3 is 2.40 bits per heavy atom. The molecule has 0 aliphatic carbocycles. The second kappa shape index (κ2) is 8.36. The molecule has 0 rings (SSSR count). The maximum Gasteiger partial charge on any atom is 0.664 e. The monoisotopic (exact) mass is 255 g/mol. The Morgan fingerprint density at radius 1 is 1.27 bits per heavy atom. The zero-order chi connectivity index (χ0) is 11.7. The molecule has 1 atom stereocenters. The first-order chi connectivity index (χ1) is 7.05. The third kappa shape index (κ3) is 8.05. The summed E-state index contributed by atoms with van der Waals surface area (Å²) in [5.41, 5.74) is 5.36. The van der Waals surface area contributed by atoms with Gasteiger partial charge in [0.25, 0.3) is 0 Å². The number of hydrogen-bond donors (Lipinski definition) is 3. The summed E-state index contributed by atoms with van der Waals surface area (Å²) < 4.78 is 15.2. The summed E-state index contributed by atoms with van der Waals surface area (Å²) in [6, 6.07) is 0.660. The highest BCUT2D eigenvalue weighted by atomic mass is 28.5. The fourth-order valence-electron chi connectivity index (χ4n) is 1.04. The van der Waals surface area contributed by atoms with Crippen LogP contribution in [0.15, 0.2) is 0 Å². The van der Waals surface area contributed by atoms with Crippen molar-refractivity contribution in [1.29, 1.82) is 0 Å². The first-order valence-corrected chi connectivity index (χ1v) is 8.61. The third-order valence-corrected chi connectivity index (χ3v) is 6.14. The first kappa shape index (κ1) is 15.2. The van der Waals surface area contributed by atoms with Gasteiger partial charge < -0.3 is 28.3 Å². The average Bonchev–Trinajstić information content (AvgIpc) is 2.14. The smallest absolute Gasteiger partial charge is 0.397 e. The largest absolute Gasteiger partial charge is 0.664 e. The lowest BCUT2D eigenvalue weighted by Gasteiger charge is -2.22. The highest BCUT2D eigenvalue weighted by molar-refractivity contribution is 6.62. The van der Waals surface area contributed by atoms with Gasteiger partial charge in [-0.25, -0.2) is 0 Å². The van der Waals surface area contributed by atoms with Crippen molar-refractivity contribution in [1.82, 2.24) is 0 Å². The maximum atomic E-state index is 9.38. The van der Waals surface area contributed by atoms with Crippen LogP contribution in [0.4, 0.5) is 0 Å². The molecule has 8 heteroatoms. The molecule has 1 unspecified atom stereocenters. The molecule has 15 heavy (non-hydrogen) atoms. The van der Waals surface area contributed by atoms with Crippen molar-refractivity contribution < 1.29 is 22.6 Å². The van der Waals surface area contributed by atoms with E-state index in [1.807, 2.05) is 6.92 Å². The van der Waals surface area contributed by atoms with Gasteiger partial charge in [0.2, 0.25) is 0 Å². The minimum Gasteiger partial charge on any atom is -0.397 e. The summed E-state index contributed by atoms with van der Waals surface area (Å²) in [7, 11) is -6.01. The zero-order valence-corrected chi connectivity index (χ0v) is 11.5. The van der Waals surface area contributed by atoms with Gasteiger partial charge in [0, 0.05) is 13.2 Å². The third-order valence-electron chi connectivity index (χ3n) is 1.61. The molecule has 0 radical (unpaired) electrons. The van der Waals surface area contributed by atoms with E-state index in [0.717, 1.165) is 6.42 Å². The molecule has 0 saturated carbocycles. The van der Waals surface area contributed by atoms with Crippen LogP contribution in [0.2, 0.25) is 6.04 Å². The summed E-state index contributed by atoms with van der Waals surface area (Å²) >= 11 is 0. The molecule has 6 nitrogen and oxygen atoms in total. The van der Waals surface area contributed by atoms with Crippen LogP contribution in [-0.4, -0.2) is 47.7 Å². The van der Waals surface area contributed by atoms with Crippen molar-refractivity contribution in [3.05, 3.63) is 0 Å². The van der Waals surface area contributed by atoms with Gasteiger partial charge in [-0.3, -0.25) is 0 Å². The van der Waals surface area contributed by atoms with Crippen LogP contribution < -0.4 is 5.73 Å². The normalized spacial score (nSPS) is 14.2. The molecule has 0 aliphatic heterocycles. The van der Waals surface area contributed by atoms with Crippen LogP contribution in [0.5, 0.6) is 0 Å². The second-order valence-corrected chi connectivity index (χ2v) is 7.01. The van der Waals surface area contributed by atoms with Crippen molar-refractivity contribution in [2.45, 2.75) is 26.3 Å². The van der Waals surface area contributed by atoms with Gasteiger partial charge in [0.05, 0.1) is 0 Å². The van der Waals surface area contributed by atoms with E-state index in [2.05, 4.69) is 0 Å². The Hall–Kier alpha value is 0.194. The van der Waals surface area contributed by atoms with E-state index in [1.54, 1.807) is 6.92 Å². The lowest BCUT2D eigenvalue weighted by Crippen LogP contribution is -2.48. The number of rotatable bonds is 9. The fourth-order valence-corrected chi connectivity index (χ4v) is 4.91. The summed E-state index contributed by atoms with van der Waals surface area (Å²) in [6.45, 7) is 4.76. The van der Waals surface area contributed by atoms with Gasteiger partial charge in [0.1, 0.15) is 0 Å². The average molecular weight is 255 g/mol. The molecule has 0 aromatic carbocycles. The molecule has 0 aromatic heterocycles. The molecular formula is C7H21NO5Si2. The van der Waals surface area contributed by atoms with E-state index in [-0.39, 0.29) is 6.61 Å². The van der Waals surface area contributed by atoms with E-state index in [1.165, 1.54) is 0 Å². The van der Waals surface area contributed by atoms with E-state index in [4.69, 9.17) is 18.7 Å². The van der Waals surface area contributed by atoms with E-state index >= 15 is 0 Å². The topological polar surface area (TPSA) is 94.2 Å². The predicted molar refractivity (Wildman–Crippen MR) is 60.2 cm³/mol. The van der Waals surface area contributed by atoms with Crippen molar-refractivity contribution in [3.8, 4) is 0 Å². The SMILES string of the molecule is CCO[SiH](CCCN)O[Si](O)(O)OCC. The molecule has 92 valence electrons. The predicted octanol–water partition coefficient (Wildman–Crippen LogP) is -0.934. The zero-order valence-electron chi connectivity index (χ0n) is 9.31. The molecule has 0 saturated heterocycles. The van der Waals surface area contributed by atoms with Crippen molar-refractivity contribution in [3.63, 3.8) is 0 Å². The molecule has 0 fully saturated rings. The Morgan fingerprint density at radius 2 is 1.93 bits per heavy atom. The molecule has 0 spiro atoms. The van der Waals surface area contributed by atoms with Crippen LogP contribution in [0.1, 0.15) is 20.3 Å². The molecule has 4 N–H and O–H groups in total. The fraction of sp³-hybridized carbons (Fsp3) is 1.00. The van der Waals surface area contributed by atoms with Gasteiger partial charge in [0.15, 0.2) is 0 Å². The standard InChI is InChI=1S/C7H21NO5Si2/c1-3-11-14(7-5-6-8)13-15(9,10)12-4-2/h9-10,14H,3-8H2,1-2H3. The van der Waals surface area contributed by atoms with Crippen LogP contribution in [0.25, 0.3) is 0 Å². The van der Waals surface area contributed by atoms with Gasteiger partial charge in [-0.15, -0.1) is 0 Å². The van der Waals surface area contributed by atoms with Gasteiger partial charge in [-0.2, -0.15) is 0 Å². The minimum absolute atomic E-state index is 0.212. The van der Waals surface area contributed by atoms with E-state index in [9.17, 15) is 9.59 Å². The minimum atomic E-state index is -3.96. The number of nitrogens with two attached hydrogens (primary N) is 1. The molecular weight excluding hydrogens is 234 g/mol. The molecule has 0 amide bonds. The van der Waals surface area contributed by atoms with Gasteiger partial charge in [-0.05, 0) is 32.9 Å². The van der Waals surface area contributed by atoms with Crippen LogP contribution in [0, 0.1) is 0 Å². The van der Waals surface area contributed by atoms with Crippen LogP contribution in [-0.2, 0) is 13.0 Å². The lowest BCUT2D eigenvalue weighted by molar-refractivity contribution is 0.0646. The quantitative estimate of drug-likeness (QED) is 0.461. The van der Waals surface area contributed by atoms with Gasteiger partial charge in [-0.1, -0.05) is 0 Å². The Balaban J connectivity index is 4.01. The molecule has 0 aromatic rings. The summed E-state index contributed by atoms with van der Waals surface area (Å²) in [5, 5.41) is 0. The summed E-state index contributed by atoms with van der Waals surface area (Å²) in [6.07, 6.45) is 0.757. The first-order valence-electron chi connectivity index (χ1n) is 5.13. The van der Waals surface area contributed by atoms with Crippen LogP contribution >= 0.6 is 0 Å². The van der Waals surface area contributed by atoms with E-state index < -0.39 is 18.3 Å². The summed E-state index contributed by atoms with van der Waals surface area (Å²) in [5.74, 6) is 0. The highest BCUT2D eigenvalue weighted by Crippen LogP contribution is 2.07. The second-order valence-electron chi connectivity index (χ2n) is 2.92. The van der Waals surface area contributed by atoms with Crippen LogP contribution in [0.3, 0.4) is 0 Å². The Kier molecular flexibility index (Phi) is 8.47. The molecule has 0 bridgehead atoms. The Bertz CT molecular complexity index is 160. The van der Waals surface area contributed by atoms with Crippen molar-refractivity contribution in [2.75, 3.05) is 19.8 Å². The lowest BCUT2D eigenvalue weighted by atomic mass is 10.5. The van der Waals surface area contributed by atoms with Crippen molar-refractivity contribution >= 4 is 18.3 Å². The number of hydrogen-bond acceptors (Lipinski definition) is 6. The van der Waals surface area contributed by atoms with Gasteiger partial charge >= 0.3 is 18.3 Å². The maximum absolute atomic E-state index is 9.38. The van der Waals surface area contributed by atoms with Crippen molar-refractivity contribution in [2.24, 2.45) is 5.73 Å². The molecule has 0 aliphatic rings. The molecule has 0 heterocycles. The highest BCUT2D eigenvalue weighted by Gasteiger charge is 2.39. The van der Waals surface area contributed by atoms with E-state index in [0.29, 0.717) is 19.2 Å². The summed E-state index contributed by atoms with van der Waals surface area (Å²) in [4.78, 5) is 18.8.